The van der Waals surface area contributed by atoms with E-state index in [1.54, 1.807) is 18.2 Å². The largest absolute Gasteiger partial charge is 0.435 e. The zero-order valence-corrected chi connectivity index (χ0v) is 11.3. The number of nitrogens with zero attached hydrogens (tertiary/aromatic N) is 2. The minimum atomic E-state index is 0.258. The Bertz CT molecular complexity index is 677. The van der Waals surface area contributed by atoms with E-state index in [-0.39, 0.29) is 5.88 Å². The summed E-state index contributed by atoms with van der Waals surface area (Å²) in [5.41, 5.74) is 8.21. The SMILES string of the molecule is Cc1cc(C)c(C#N)c(Oc2ccc(Cl)cc2N)n1. The number of anilines is 1. The predicted molar refractivity (Wildman–Crippen MR) is 74.4 cm³/mol. The molecular weight excluding hydrogens is 262 g/mol. The minimum Gasteiger partial charge on any atom is -0.435 e. The number of hydrogen-bond donors (Lipinski definition) is 1. The molecule has 0 unspecified atom stereocenters. The summed E-state index contributed by atoms with van der Waals surface area (Å²) in [4.78, 5) is 4.23. The second-order valence-corrected chi connectivity index (χ2v) is 4.59. The Morgan fingerprint density at radius 2 is 2.05 bits per heavy atom. The summed E-state index contributed by atoms with van der Waals surface area (Å²) in [6.45, 7) is 3.68. The van der Waals surface area contributed by atoms with Crippen LogP contribution in [0.5, 0.6) is 11.6 Å². The zero-order chi connectivity index (χ0) is 14.0. The molecule has 0 spiro atoms. The summed E-state index contributed by atoms with van der Waals surface area (Å²) in [6, 6.07) is 8.83. The lowest BCUT2D eigenvalue weighted by molar-refractivity contribution is 0.461. The lowest BCUT2D eigenvalue weighted by Crippen LogP contribution is -1.99. The van der Waals surface area contributed by atoms with Crippen molar-refractivity contribution in [2.45, 2.75) is 13.8 Å². The van der Waals surface area contributed by atoms with Gasteiger partial charge in [0.05, 0.1) is 5.69 Å². The Morgan fingerprint density at radius 1 is 1.32 bits per heavy atom. The van der Waals surface area contributed by atoms with Crippen LogP contribution in [0, 0.1) is 25.2 Å². The van der Waals surface area contributed by atoms with Crippen LogP contribution in [0.4, 0.5) is 5.69 Å². The van der Waals surface area contributed by atoms with Gasteiger partial charge in [-0.2, -0.15) is 5.26 Å². The van der Waals surface area contributed by atoms with Gasteiger partial charge in [-0.25, -0.2) is 4.98 Å². The Labute approximate surface area is 116 Å². The first-order valence-corrected chi connectivity index (χ1v) is 6.00. The fraction of sp³-hybridized carbons (Fsp3) is 0.143. The van der Waals surface area contributed by atoms with Gasteiger partial charge in [-0.3, -0.25) is 0 Å². The van der Waals surface area contributed by atoms with Gasteiger partial charge in [0.25, 0.3) is 0 Å². The average molecular weight is 274 g/mol. The van der Waals surface area contributed by atoms with Crippen molar-refractivity contribution in [2.75, 3.05) is 5.73 Å². The van der Waals surface area contributed by atoms with E-state index in [2.05, 4.69) is 11.1 Å². The summed E-state index contributed by atoms with van der Waals surface area (Å²) >= 11 is 5.83. The normalized spacial score (nSPS) is 10.0. The summed E-state index contributed by atoms with van der Waals surface area (Å²) in [5.74, 6) is 0.687. The topological polar surface area (TPSA) is 71.9 Å². The molecule has 4 nitrogen and oxygen atoms in total. The molecule has 2 N–H and O–H groups in total. The van der Waals surface area contributed by atoms with E-state index in [0.717, 1.165) is 11.3 Å². The molecule has 0 bridgehead atoms. The molecule has 0 fully saturated rings. The Morgan fingerprint density at radius 3 is 2.68 bits per heavy atom. The number of nitriles is 1. The van der Waals surface area contributed by atoms with Crippen LogP contribution in [0.15, 0.2) is 24.3 Å². The van der Waals surface area contributed by atoms with E-state index < -0.39 is 0 Å². The molecule has 1 heterocycles. The molecule has 0 radical (unpaired) electrons. The molecule has 2 aromatic rings. The van der Waals surface area contributed by atoms with Crippen LogP contribution in [0.25, 0.3) is 0 Å². The number of hydrogen-bond acceptors (Lipinski definition) is 4. The Hall–Kier alpha value is -2.25. The van der Waals surface area contributed by atoms with Gasteiger partial charge >= 0.3 is 0 Å². The summed E-state index contributed by atoms with van der Waals surface area (Å²) in [6.07, 6.45) is 0. The second kappa shape index (κ2) is 5.17. The third-order valence-corrected chi connectivity index (χ3v) is 2.84. The van der Waals surface area contributed by atoms with Crippen molar-refractivity contribution >= 4 is 17.3 Å². The van der Waals surface area contributed by atoms with Crippen molar-refractivity contribution < 1.29 is 4.74 Å². The second-order valence-electron chi connectivity index (χ2n) is 4.16. The molecule has 5 heteroatoms. The fourth-order valence-electron chi connectivity index (χ4n) is 1.73. The number of aryl methyl sites for hydroxylation is 2. The van der Waals surface area contributed by atoms with Crippen LogP contribution in [0.1, 0.15) is 16.8 Å². The van der Waals surface area contributed by atoms with Crippen molar-refractivity contribution in [1.82, 2.24) is 4.98 Å². The molecule has 0 aliphatic carbocycles. The van der Waals surface area contributed by atoms with Gasteiger partial charge in [0.15, 0.2) is 5.75 Å². The lowest BCUT2D eigenvalue weighted by Gasteiger charge is -2.11. The number of rotatable bonds is 2. The van der Waals surface area contributed by atoms with Gasteiger partial charge < -0.3 is 10.5 Å². The highest BCUT2D eigenvalue weighted by Crippen LogP contribution is 2.31. The van der Waals surface area contributed by atoms with Gasteiger partial charge in [0.1, 0.15) is 11.6 Å². The zero-order valence-electron chi connectivity index (χ0n) is 10.6. The van der Waals surface area contributed by atoms with E-state index in [1.807, 2.05) is 19.9 Å². The maximum Gasteiger partial charge on any atom is 0.237 e. The maximum atomic E-state index is 9.16. The van der Waals surface area contributed by atoms with Crippen LogP contribution in [0.2, 0.25) is 5.02 Å². The van der Waals surface area contributed by atoms with Crippen molar-refractivity contribution in [3.8, 4) is 17.7 Å². The van der Waals surface area contributed by atoms with Gasteiger partial charge in [-0.05, 0) is 43.7 Å². The number of halogens is 1. The summed E-state index contributed by atoms with van der Waals surface area (Å²) in [5, 5.41) is 9.69. The first-order valence-electron chi connectivity index (χ1n) is 5.62. The van der Waals surface area contributed by atoms with Crippen molar-refractivity contribution in [1.29, 1.82) is 5.26 Å². The maximum absolute atomic E-state index is 9.16. The third-order valence-electron chi connectivity index (χ3n) is 2.60. The van der Waals surface area contributed by atoms with Crippen LogP contribution < -0.4 is 10.5 Å². The van der Waals surface area contributed by atoms with Crippen LogP contribution >= 0.6 is 11.6 Å². The number of nitrogen functional groups attached to an aromatic ring is 1. The molecule has 0 saturated heterocycles. The number of aromatic nitrogens is 1. The monoisotopic (exact) mass is 273 g/mol. The molecule has 0 aliphatic rings. The molecule has 19 heavy (non-hydrogen) atoms. The number of benzene rings is 1. The van der Waals surface area contributed by atoms with Crippen LogP contribution in [-0.2, 0) is 0 Å². The summed E-state index contributed by atoms with van der Waals surface area (Å²) in [7, 11) is 0. The molecule has 0 atom stereocenters. The van der Waals surface area contributed by atoms with Gasteiger partial charge in [-0.1, -0.05) is 11.6 Å². The number of pyridine rings is 1. The van der Waals surface area contributed by atoms with E-state index in [4.69, 9.17) is 27.3 Å². The van der Waals surface area contributed by atoms with E-state index in [0.29, 0.717) is 22.0 Å². The molecule has 1 aromatic carbocycles. The Balaban J connectivity index is 2.46. The van der Waals surface area contributed by atoms with Crippen molar-refractivity contribution in [3.63, 3.8) is 0 Å². The molecule has 96 valence electrons. The quantitative estimate of drug-likeness (QED) is 0.849. The van der Waals surface area contributed by atoms with Gasteiger partial charge in [-0.15, -0.1) is 0 Å². The standard InChI is InChI=1S/C14H12ClN3O/c1-8-5-9(2)18-14(11(8)7-16)19-13-4-3-10(15)6-12(13)17/h3-6H,17H2,1-2H3. The van der Waals surface area contributed by atoms with E-state index >= 15 is 0 Å². The molecule has 1 aromatic heterocycles. The van der Waals surface area contributed by atoms with Crippen LogP contribution in [0.3, 0.4) is 0 Å². The van der Waals surface area contributed by atoms with Gasteiger partial charge in [0, 0.05) is 10.7 Å². The highest BCUT2D eigenvalue weighted by atomic mass is 35.5. The third kappa shape index (κ3) is 2.78. The molecule has 0 amide bonds. The number of nitrogens with two attached hydrogens (primary N) is 1. The minimum absolute atomic E-state index is 0.258. The highest BCUT2D eigenvalue weighted by Gasteiger charge is 2.12. The van der Waals surface area contributed by atoms with Crippen molar-refractivity contribution in [3.05, 3.63) is 46.1 Å². The fourth-order valence-corrected chi connectivity index (χ4v) is 1.91. The molecule has 2 rings (SSSR count). The lowest BCUT2D eigenvalue weighted by atomic mass is 10.1. The first kappa shape index (κ1) is 13.2. The molecular formula is C14H12ClN3O. The van der Waals surface area contributed by atoms with E-state index in [9.17, 15) is 0 Å². The number of ether oxygens (including phenoxy) is 1. The van der Waals surface area contributed by atoms with E-state index in [1.165, 1.54) is 0 Å². The predicted octanol–water partition coefficient (Wildman–Crippen LogP) is 3.60. The molecule has 0 saturated carbocycles. The highest BCUT2D eigenvalue weighted by molar-refractivity contribution is 6.30. The smallest absolute Gasteiger partial charge is 0.237 e. The molecule has 0 aliphatic heterocycles. The van der Waals surface area contributed by atoms with Crippen LogP contribution in [-0.4, -0.2) is 4.98 Å². The van der Waals surface area contributed by atoms with Gasteiger partial charge in [0.2, 0.25) is 5.88 Å². The first-order chi connectivity index (χ1) is 9.01. The summed E-state index contributed by atoms with van der Waals surface area (Å²) < 4.78 is 5.63. The Kier molecular flexibility index (Phi) is 3.59. The average Bonchev–Trinajstić information content (AvgIpc) is 2.32. The van der Waals surface area contributed by atoms with Crippen molar-refractivity contribution in [2.24, 2.45) is 0 Å².